The van der Waals surface area contributed by atoms with Gasteiger partial charge in [0.2, 0.25) is 5.82 Å². The minimum atomic E-state index is -4.54. The molecule has 3 rings (SSSR count). The fourth-order valence-corrected chi connectivity index (χ4v) is 3.79. The molecule has 1 fully saturated rings. The Morgan fingerprint density at radius 2 is 1.88 bits per heavy atom. The maximum atomic E-state index is 13.3. The highest BCUT2D eigenvalue weighted by Crippen LogP contribution is 2.34. The molecule has 1 amide bonds. The Kier molecular flexibility index (Phi) is 4.99. The third-order valence-corrected chi connectivity index (χ3v) is 5.15. The van der Waals surface area contributed by atoms with E-state index in [4.69, 9.17) is 0 Å². The SMILES string of the molecule is CC(C)n1c(C(F)(F)F)nc2cc(C(=O)N(C)C3CCCCC3)ccc21. The number of imidazole rings is 1. The number of rotatable bonds is 3. The lowest BCUT2D eigenvalue weighted by Gasteiger charge is -2.31. The van der Waals surface area contributed by atoms with Gasteiger partial charge in [0.05, 0.1) is 11.0 Å². The highest BCUT2D eigenvalue weighted by molar-refractivity contribution is 5.97. The molecule has 1 saturated carbocycles. The summed E-state index contributed by atoms with van der Waals surface area (Å²) in [6, 6.07) is 4.46. The molecule has 142 valence electrons. The van der Waals surface area contributed by atoms with Crippen LogP contribution in [0.5, 0.6) is 0 Å². The standard InChI is InChI=1S/C19H24F3N3O/c1-12(2)25-16-10-9-13(11-15(16)23-18(25)19(20,21)22)17(26)24(3)14-7-5-4-6-8-14/h9-12,14H,4-8H2,1-3H3. The van der Waals surface area contributed by atoms with E-state index in [1.165, 1.54) is 17.1 Å². The van der Waals surface area contributed by atoms with Gasteiger partial charge < -0.3 is 9.47 Å². The van der Waals surface area contributed by atoms with Crippen molar-refractivity contribution in [1.29, 1.82) is 0 Å². The molecule has 1 aliphatic rings. The molecule has 0 unspecified atom stereocenters. The second-order valence-electron chi connectivity index (χ2n) is 7.31. The van der Waals surface area contributed by atoms with E-state index in [0.29, 0.717) is 11.1 Å². The minimum Gasteiger partial charge on any atom is -0.339 e. The maximum absolute atomic E-state index is 13.3. The quantitative estimate of drug-likeness (QED) is 0.762. The number of benzene rings is 1. The average Bonchev–Trinajstić information content (AvgIpc) is 3.00. The highest BCUT2D eigenvalue weighted by atomic mass is 19.4. The van der Waals surface area contributed by atoms with Crippen molar-refractivity contribution < 1.29 is 18.0 Å². The Hall–Kier alpha value is -2.05. The molecule has 7 heteroatoms. The first-order valence-corrected chi connectivity index (χ1v) is 9.06. The second-order valence-corrected chi connectivity index (χ2v) is 7.31. The third kappa shape index (κ3) is 3.44. The smallest absolute Gasteiger partial charge is 0.339 e. The van der Waals surface area contributed by atoms with Crippen LogP contribution in [0.3, 0.4) is 0 Å². The van der Waals surface area contributed by atoms with Crippen molar-refractivity contribution in [1.82, 2.24) is 14.5 Å². The van der Waals surface area contributed by atoms with Gasteiger partial charge in [0.1, 0.15) is 0 Å². The highest BCUT2D eigenvalue weighted by Gasteiger charge is 2.38. The Bertz CT molecular complexity index is 804. The molecular formula is C19H24F3N3O. The molecule has 4 nitrogen and oxygen atoms in total. The molecule has 1 aliphatic carbocycles. The molecule has 2 aromatic rings. The fraction of sp³-hybridized carbons (Fsp3) is 0.579. The van der Waals surface area contributed by atoms with E-state index in [1.807, 2.05) is 0 Å². The first-order valence-electron chi connectivity index (χ1n) is 9.06. The number of nitrogens with zero attached hydrogens (tertiary/aromatic N) is 3. The lowest BCUT2D eigenvalue weighted by atomic mass is 9.94. The predicted molar refractivity (Wildman–Crippen MR) is 94.1 cm³/mol. The van der Waals surface area contributed by atoms with Gasteiger partial charge in [-0.2, -0.15) is 13.2 Å². The van der Waals surface area contributed by atoms with Crippen molar-refractivity contribution in [3.8, 4) is 0 Å². The van der Waals surface area contributed by atoms with E-state index in [1.54, 1.807) is 37.9 Å². The van der Waals surface area contributed by atoms with Gasteiger partial charge in [-0.15, -0.1) is 0 Å². The molecule has 0 N–H and O–H groups in total. The summed E-state index contributed by atoms with van der Waals surface area (Å²) < 4.78 is 41.1. The number of hydrogen-bond donors (Lipinski definition) is 0. The summed E-state index contributed by atoms with van der Waals surface area (Å²) in [6.07, 6.45) is 0.823. The summed E-state index contributed by atoms with van der Waals surface area (Å²) in [5.74, 6) is -1.08. The van der Waals surface area contributed by atoms with Crippen molar-refractivity contribution in [2.24, 2.45) is 0 Å². The van der Waals surface area contributed by atoms with Gasteiger partial charge in [0.25, 0.3) is 5.91 Å². The normalized spacial score (nSPS) is 16.4. The van der Waals surface area contributed by atoms with Crippen molar-refractivity contribution in [3.63, 3.8) is 0 Å². The zero-order valence-corrected chi connectivity index (χ0v) is 15.3. The van der Waals surface area contributed by atoms with Crippen molar-refractivity contribution in [2.45, 2.75) is 64.2 Å². The van der Waals surface area contributed by atoms with Crippen LogP contribution in [0, 0.1) is 0 Å². The molecule has 1 heterocycles. The third-order valence-electron chi connectivity index (χ3n) is 5.15. The van der Waals surface area contributed by atoms with Crippen molar-refractivity contribution in [3.05, 3.63) is 29.6 Å². The van der Waals surface area contributed by atoms with Gasteiger partial charge in [0, 0.05) is 24.7 Å². The Balaban J connectivity index is 1.97. The number of amides is 1. The Morgan fingerprint density at radius 3 is 2.46 bits per heavy atom. The van der Waals surface area contributed by atoms with Gasteiger partial charge in [-0.1, -0.05) is 19.3 Å². The molecule has 0 bridgehead atoms. The molecule has 1 aromatic heterocycles. The monoisotopic (exact) mass is 367 g/mol. The van der Waals surface area contributed by atoms with E-state index in [0.717, 1.165) is 25.7 Å². The van der Waals surface area contributed by atoms with E-state index >= 15 is 0 Å². The van der Waals surface area contributed by atoms with Gasteiger partial charge in [0.15, 0.2) is 0 Å². The number of carbonyl (C=O) groups excluding carboxylic acids is 1. The van der Waals surface area contributed by atoms with Crippen LogP contribution in [-0.4, -0.2) is 33.4 Å². The summed E-state index contributed by atoms with van der Waals surface area (Å²) in [6.45, 7) is 3.37. The van der Waals surface area contributed by atoms with Crippen LogP contribution in [0.25, 0.3) is 11.0 Å². The number of alkyl halides is 3. The van der Waals surface area contributed by atoms with E-state index < -0.39 is 12.0 Å². The molecule has 0 radical (unpaired) electrons. The zero-order valence-electron chi connectivity index (χ0n) is 15.3. The van der Waals surface area contributed by atoms with Crippen LogP contribution < -0.4 is 0 Å². The van der Waals surface area contributed by atoms with Gasteiger partial charge in [-0.05, 0) is 44.9 Å². The summed E-state index contributed by atoms with van der Waals surface area (Å²) in [7, 11) is 1.77. The summed E-state index contributed by atoms with van der Waals surface area (Å²) >= 11 is 0. The Labute approximate surface area is 151 Å². The topological polar surface area (TPSA) is 38.1 Å². The Morgan fingerprint density at radius 1 is 1.23 bits per heavy atom. The first kappa shape index (κ1) is 18.7. The summed E-state index contributed by atoms with van der Waals surface area (Å²) in [4.78, 5) is 18.3. The van der Waals surface area contributed by atoms with Crippen LogP contribution in [0.15, 0.2) is 18.2 Å². The average molecular weight is 367 g/mol. The number of aromatic nitrogens is 2. The van der Waals surface area contributed by atoms with E-state index in [2.05, 4.69) is 4.98 Å². The maximum Gasteiger partial charge on any atom is 0.449 e. The fourth-order valence-electron chi connectivity index (χ4n) is 3.79. The molecule has 1 aromatic carbocycles. The number of fused-ring (bicyclic) bond motifs is 1. The molecule has 0 aliphatic heterocycles. The van der Waals surface area contributed by atoms with Gasteiger partial charge in [-0.3, -0.25) is 4.79 Å². The summed E-state index contributed by atoms with van der Waals surface area (Å²) in [5.41, 5.74) is 0.978. The molecule has 26 heavy (non-hydrogen) atoms. The largest absolute Gasteiger partial charge is 0.449 e. The van der Waals surface area contributed by atoms with Crippen LogP contribution in [0.4, 0.5) is 13.2 Å². The minimum absolute atomic E-state index is 0.161. The predicted octanol–water partition coefficient (Wildman–Crippen LogP) is 5.04. The van der Waals surface area contributed by atoms with E-state index in [-0.39, 0.29) is 23.5 Å². The zero-order chi connectivity index (χ0) is 19.1. The second kappa shape index (κ2) is 6.93. The summed E-state index contributed by atoms with van der Waals surface area (Å²) in [5, 5.41) is 0. The lowest BCUT2D eigenvalue weighted by molar-refractivity contribution is -0.147. The van der Waals surface area contributed by atoms with Crippen LogP contribution in [0.2, 0.25) is 0 Å². The van der Waals surface area contributed by atoms with Crippen LogP contribution >= 0.6 is 0 Å². The molecule has 0 spiro atoms. The lowest BCUT2D eigenvalue weighted by Crippen LogP contribution is -2.38. The molecule has 0 atom stereocenters. The van der Waals surface area contributed by atoms with E-state index in [9.17, 15) is 18.0 Å². The van der Waals surface area contributed by atoms with Crippen molar-refractivity contribution in [2.75, 3.05) is 7.05 Å². The van der Waals surface area contributed by atoms with Gasteiger partial charge >= 0.3 is 6.18 Å². The number of carbonyl (C=O) groups is 1. The van der Waals surface area contributed by atoms with Crippen LogP contribution in [-0.2, 0) is 6.18 Å². The van der Waals surface area contributed by atoms with Crippen LogP contribution in [0.1, 0.15) is 68.2 Å². The first-order chi connectivity index (χ1) is 12.2. The van der Waals surface area contributed by atoms with Gasteiger partial charge in [-0.25, -0.2) is 4.98 Å². The molecular weight excluding hydrogens is 343 g/mol. The van der Waals surface area contributed by atoms with Crippen molar-refractivity contribution >= 4 is 16.9 Å². The molecule has 0 saturated heterocycles. The number of hydrogen-bond acceptors (Lipinski definition) is 2. The number of halogens is 3.